The molecule has 3 aromatic rings. The summed E-state index contributed by atoms with van der Waals surface area (Å²) in [6, 6.07) is 4.72. The summed E-state index contributed by atoms with van der Waals surface area (Å²) in [4.78, 5) is 15.6. The first-order valence-electron chi connectivity index (χ1n) is 6.35. The smallest absolute Gasteiger partial charge is 0.226 e. The number of H-pyrrole nitrogens is 1. The van der Waals surface area contributed by atoms with Crippen LogP contribution in [0.4, 0.5) is 21.8 Å². The van der Waals surface area contributed by atoms with Crippen molar-refractivity contribution in [3.8, 4) is 0 Å². The van der Waals surface area contributed by atoms with E-state index in [-0.39, 0.29) is 10.7 Å². The largest absolute Gasteiger partial charge is 0.354 e. The molecule has 21 heavy (non-hydrogen) atoms. The zero-order chi connectivity index (χ0) is 14.8. The third-order valence-electron chi connectivity index (χ3n) is 2.83. The lowest BCUT2D eigenvalue weighted by Gasteiger charge is -2.10. The predicted octanol–water partition coefficient (Wildman–Crippen LogP) is 3.32. The zero-order valence-electron chi connectivity index (χ0n) is 11.1. The van der Waals surface area contributed by atoms with Crippen molar-refractivity contribution < 1.29 is 4.39 Å². The number of hydrogen-bond acceptors (Lipinski definition) is 5. The molecule has 0 aliphatic rings. The molecule has 0 aliphatic carbocycles. The quantitative estimate of drug-likeness (QED) is 0.689. The number of benzene rings is 1. The van der Waals surface area contributed by atoms with Crippen molar-refractivity contribution in [1.82, 2.24) is 19.9 Å². The van der Waals surface area contributed by atoms with Crippen LogP contribution in [-0.4, -0.2) is 26.5 Å². The summed E-state index contributed by atoms with van der Waals surface area (Å²) in [5.41, 5.74) is 1.32. The van der Waals surface area contributed by atoms with E-state index in [1.807, 2.05) is 6.92 Å². The number of aromatic nitrogens is 4. The van der Waals surface area contributed by atoms with Gasteiger partial charge in [0.15, 0.2) is 17.3 Å². The van der Waals surface area contributed by atoms with E-state index in [2.05, 4.69) is 30.6 Å². The van der Waals surface area contributed by atoms with Gasteiger partial charge in [-0.2, -0.15) is 9.97 Å². The van der Waals surface area contributed by atoms with Gasteiger partial charge in [-0.3, -0.25) is 0 Å². The fraction of sp³-hybridized carbons (Fsp3) is 0.154. The minimum atomic E-state index is -0.532. The van der Waals surface area contributed by atoms with Crippen LogP contribution in [0.1, 0.15) is 6.92 Å². The highest BCUT2D eigenvalue weighted by Crippen LogP contribution is 2.27. The number of anilines is 3. The first-order chi connectivity index (χ1) is 10.2. The molecule has 0 aliphatic heterocycles. The van der Waals surface area contributed by atoms with E-state index >= 15 is 0 Å². The van der Waals surface area contributed by atoms with Crippen LogP contribution in [0, 0.1) is 5.82 Å². The van der Waals surface area contributed by atoms with Crippen molar-refractivity contribution in [2.45, 2.75) is 6.92 Å². The number of nitrogens with zero attached hydrogens (tertiary/aromatic N) is 3. The van der Waals surface area contributed by atoms with Crippen molar-refractivity contribution in [2.24, 2.45) is 0 Å². The van der Waals surface area contributed by atoms with Crippen molar-refractivity contribution >= 4 is 40.2 Å². The second-order valence-corrected chi connectivity index (χ2v) is 4.66. The Labute approximate surface area is 124 Å². The fourth-order valence-corrected chi connectivity index (χ4v) is 2.06. The molecule has 8 heteroatoms. The van der Waals surface area contributed by atoms with Gasteiger partial charge in [-0.15, -0.1) is 0 Å². The number of hydrogen-bond donors (Lipinski definition) is 3. The van der Waals surface area contributed by atoms with Crippen molar-refractivity contribution in [3.05, 3.63) is 35.4 Å². The Morgan fingerprint density at radius 1 is 1.33 bits per heavy atom. The molecule has 2 aromatic heterocycles. The summed E-state index contributed by atoms with van der Waals surface area (Å²) >= 11 is 5.78. The predicted molar refractivity (Wildman–Crippen MR) is 80.5 cm³/mol. The van der Waals surface area contributed by atoms with Gasteiger partial charge in [-0.05, 0) is 19.1 Å². The standard InChI is InChI=1S/C13H12ClFN6/c1-2-16-13-20-11-10(17-6-18-11)12(21-13)19-8-5-3-4-7(14)9(8)15/h3-6H,2H2,1H3,(H3,16,17,18,19,20,21). The Balaban J connectivity index is 2.06. The summed E-state index contributed by atoms with van der Waals surface area (Å²) in [7, 11) is 0. The van der Waals surface area contributed by atoms with Crippen molar-refractivity contribution in [3.63, 3.8) is 0 Å². The molecule has 2 heterocycles. The van der Waals surface area contributed by atoms with E-state index in [1.54, 1.807) is 12.1 Å². The third kappa shape index (κ3) is 2.59. The maximum Gasteiger partial charge on any atom is 0.226 e. The molecular weight excluding hydrogens is 295 g/mol. The van der Waals surface area contributed by atoms with Gasteiger partial charge in [0, 0.05) is 6.54 Å². The van der Waals surface area contributed by atoms with E-state index in [0.717, 1.165) is 0 Å². The molecule has 0 radical (unpaired) electrons. The Kier molecular flexibility index (Phi) is 3.57. The van der Waals surface area contributed by atoms with Crippen molar-refractivity contribution in [1.29, 1.82) is 0 Å². The molecule has 108 valence electrons. The van der Waals surface area contributed by atoms with Gasteiger partial charge in [-0.1, -0.05) is 17.7 Å². The molecule has 0 unspecified atom stereocenters. The Bertz CT molecular complexity index is 787. The van der Waals surface area contributed by atoms with Crippen LogP contribution in [0.25, 0.3) is 11.2 Å². The Morgan fingerprint density at radius 3 is 3.00 bits per heavy atom. The third-order valence-corrected chi connectivity index (χ3v) is 3.12. The number of nitrogens with one attached hydrogen (secondary N) is 3. The van der Waals surface area contributed by atoms with Crippen molar-refractivity contribution in [2.75, 3.05) is 17.2 Å². The first kappa shape index (κ1) is 13.6. The number of fused-ring (bicyclic) bond motifs is 1. The molecule has 6 nitrogen and oxygen atoms in total. The monoisotopic (exact) mass is 306 g/mol. The molecule has 1 aromatic carbocycles. The first-order valence-corrected chi connectivity index (χ1v) is 6.73. The van der Waals surface area contributed by atoms with Crippen LogP contribution < -0.4 is 10.6 Å². The Morgan fingerprint density at radius 2 is 2.19 bits per heavy atom. The lowest BCUT2D eigenvalue weighted by atomic mass is 10.3. The summed E-state index contributed by atoms with van der Waals surface area (Å²) in [5.74, 6) is 0.312. The highest BCUT2D eigenvalue weighted by atomic mass is 35.5. The molecule has 0 amide bonds. The number of halogens is 2. The summed E-state index contributed by atoms with van der Waals surface area (Å²) in [5, 5.41) is 5.97. The van der Waals surface area contributed by atoms with Gasteiger partial charge in [0.05, 0.1) is 17.0 Å². The summed E-state index contributed by atoms with van der Waals surface area (Å²) in [6.07, 6.45) is 1.51. The molecule has 0 spiro atoms. The highest BCUT2D eigenvalue weighted by molar-refractivity contribution is 6.31. The Hall–Kier alpha value is -2.41. The van der Waals surface area contributed by atoms with Crippen LogP contribution in [0.5, 0.6) is 0 Å². The van der Waals surface area contributed by atoms with Gasteiger partial charge in [-0.25, -0.2) is 9.37 Å². The molecule has 3 N–H and O–H groups in total. The topological polar surface area (TPSA) is 78.5 Å². The zero-order valence-corrected chi connectivity index (χ0v) is 11.9. The lowest BCUT2D eigenvalue weighted by molar-refractivity contribution is 0.632. The number of aromatic amines is 1. The van der Waals surface area contributed by atoms with E-state index in [1.165, 1.54) is 12.4 Å². The second-order valence-electron chi connectivity index (χ2n) is 4.25. The van der Waals surface area contributed by atoms with E-state index in [9.17, 15) is 4.39 Å². The average Bonchev–Trinajstić information content (AvgIpc) is 2.93. The second kappa shape index (κ2) is 5.53. The molecule has 0 bridgehead atoms. The minimum absolute atomic E-state index is 0.0433. The van der Waals surface area contributed by atoms with Crippen LogP contribution in [-0.2, 0) is 0 Å². The number of imidazole rings is 1. The fourth-order valence-electron chi connectivity index (χ4n) is 1.89. The molecule has 0 saturated carbocycles. The van der Waals surface area contributed by atoms with E-state index < -0.39 is 5.82 Å². The molecular formula is C13H12ClFN6. The van der Waals surface area contributed by atoms with Crippen LogP contribution in [0.3, 0.4) is 0 Å². The molecule has 0 atom stereocenters. The maximum atomic E-state index is 14.0. The van der Waals surface area contributed by atoms with Crippen LogP contribution >= 0.6 is 11.6 Å². The molecule has 3 rings (SSSR count). The van der Waals surface area contributed by atoms with Gasteiger partial charge >= 0.3 is 0 Å². The van der Waals surface area contributed by atoms with Crippen LogP contribution in [0.2, 0.25) is 5.02 Å². The lowest BCUT2D eigenvalue weighted by Crippen LogP contribution is -2.05. The van der Waals surface area contributed by atoms with Gasteiger partial charge in [0.1, 0.15) is 5.52 Å². The van der Waals surface area contributed by atoms with Gasteiger partial charge in [0.25, 0.3) is 0 Å². The van der Waals surface area contributed by atoms with Gasteiger partial charge in [0.2, 0.25) is 5.95 Å². The SMILES string of the molecule is CCNc1nc(Nc2cccc(Cl)c2F)c2[nH]cnc2n1. The van der Waals surface area contributed by atoms with Crippen LogP contribution in [0.15, 0.2) is 24.5 Å². The summed E-state index contributed by atoms with van der Waals surface area (Å²) < 4.78 is 14.0. The molecule has 0 saturated heterocycles. The minimum Gasteiger partial charge on any atom is -0.354 e. The summed E-state index contributed by atoms with van der Waals surface area (Å²) in [6.45, 7) is 2.60. The maximum absolute atomic E-state index is 14.0. The normalized spacial score (nSPS) is 10.8. The number of rotatable bonds is 4. The van der Waals surface area contributed by atoms with E-state index in [0.29, 0.717) is 29.5 Å². The average molecular weight is 307 g/mol. The highest BCUT2D eigenvalue weighted by Gasteiger charge is 2.13. The molecule has 0 fully saturated rings. The van der Waals surface area contributed by atoms with E-state index in [4.69, 9.17) is 11.6 Å². The van der Waals surface area contributed by atoms with Gasteiger partial charge < -0.3 is 15.6 Å².